The quantitative estimate of drug-likeness (QED) is 0.520. The van der Waals surface area contributed by atoms with Gasteiger partial charge in [-0.2, -0.15) is 5.10 Å². The first kappa shape index (κ1) is 18.9. The number of hydrogen-bond donors (Lipinski definition) is 0. The van der Waals surface area contributed by atoms with Gasteiger partial charge in [-0.15, -0.1) is 13.2 Å². The van der Waals surface area contributed by atoms with Crippen LogP contribution >= 0.6 is 0 Å². The third kappa shape index (κ3) is 3.51. The van der Waals surface area contributed by atoms with Crippen LogP contribution in [0.1, 0.15) is 5.56 Å². The van der Waals surface area contributed by atoms with E-state index < -0.39 is 6.36 Å². The van der Waals surface area contributed by atoms with Crippen molar-refractivity contribution in [3.05, 3.63) is 64.6 Å². The molecule has 0 radical (unpaired) electrons. The maximum Gasteiger partial charge on any atom is 0.573 e. The van der Waals surface area contributed by atoms with Crippen molar-refractivity contribution in [3.8, 4) is 11.5 Å². The zero-order chi connectivity index (χ0) is 20.8. The third-order valence-corrected chi connectivity index (χ3v) is 4.67. The van der Waals surface area contributed by atoms with Gasteiger partial charge >= 0.3 is 6.36 Å². The second kappa shape index (κ2) is 6.84. The summed E-state index contributed by atoms with van der Waals surface area (Å²) in [4.78, 5) is 13.0. The highest BCUT2D eigenvalue weighted by Gasteiger charge is 2.31. The smallest absolute Gasteiger partial charge is 0.497 e. The normalized spacial score (nSPS) is 11.9. The molecular weight excluding hydrogens is 387 g/mol. The molecule has 150 valence electrons. The summed E-state index contributed by atoms with van der Waals surface area (Å²) in [6, 6.07) is 11.0. The van der Waals surface area contributed by atoms with Crippen molar-refractivity contribution in [2.75, 3.05) is 7.11 Å². The van der Waals surface area contributed by atoms with Crippen molar-refractivity contribution in [2.24, 2.45) is 7.05 Å². The van der Waals surface area contributed by atoms with Gasteiger partial charge in [0.25, 0.3) is 5.56 Å². The number of aryl methyl sites for hydroxylation is 1. The SMILES string of the molecule is COc1ccc2c(c1)c1cnn(Cc3cccc(OC(F)(F)F)c3)c(=O)c1n2C. The van der Waals surface area contributed by atoms with E-state index in [4.69, 9.17) is 4.74 Å². The molecule has 2 heterocycles. The number of methoxy groups -OCH3 is 1. The minimum absolute atomic E-state index is 0.00861. The fourth-order valence-corrected chi connectivity index (χ4v) is 3.40. The van der Waals surface area contributed by atoms with Gasteiger partial charge in [-0.1, -0.05) is 12.1 Å². The Bertz CT molecular complexity index is 1280. The summed E-state index contributed by atoms with van der Waals surface area (Å²) in [6.45, 7) is 0.00861. The van der Waals surface area contributed by atoms with Crippen LogP contribution in [0.15, 0.2) is 53.5 Å². The average molecular weight is 403 g/mol. The van der Waals surface area contributed by atoms with E-state index in [2.05, 4.69) is 9.84 Å². The second-order valence-electron chi connectivity index (χ2n) is 6.51. The second-order valence-corrected chi connectivity index (χ2v) is 6.51. The van der Waals surface area contributed by atoms with Gasteiger partial charge in [-0.05, 0) is 35.9 Å². The highest BCUT2D eigenvalue weighted by Crippen LogP contribution is 2.29. The Morgan fingerprint density at radius 2 is 1.86 bits per heavy atom. The van der Waals surface area contributed by atoms with E-state index in [9.17, 15) is 18.0 Å². The minimum atomic E-state index is -4.78. The molecule has 0 N–H and O–H groups in total. The number of ether oxygens (including phenoxy) is 2. The molecule has 6 nitrogen and oxygen atoms in total. The maximum absolute atomic E-state index is 13.0. The molecular formula is C20H16F3N3O3. The lowest BCUT2D eigenvalue weighted by molar-refractivity contribution is -0.274. The molecule has 0 amide bonds. The Morgan fingerprint density at radius 3 is 2.59 bits per heavy atom. The summed E-state index contributed by atoms with van der Waals surface area (Å²) in [6.07, 6.45) is -3.20. The van der Waals surface area contributed by atoms with Gasteiger partial charge in [0.2, 0.25) is 0 Å². The largest absolute Gasteiger partial charge is 0.573 e. The summed E-state index contributed by atoms with van der Waals surface area (Å²) in [5.41, 5.74) is 1.41. The lowest BCUT2D eigenvalue weighted by Crippen LogP contribution is -2.24. The molecule has 0 fully saturated rings. The summed E-state index contributed by atoms with van der Waals surface area (Å²) in [5, 5.41) is 5.72. The van der Waals surface area contributed by atoms with Crippen LogP contribution in [0, 0.1) is 0 Å². The first-order chi connectivity index (χ1) is 13.8. The molecule has 4 aromatic rings. The van der Waals surface area contributed by atoms with Gasteiger partial charge in [0.15, 0.2) is 0 Å². The highest BCUT2D eigenvalue weighted by molar-refractivity contribution is 6.07. The predicted octanol–water partition coefficient (Wildman–Crippen LogP) is 3.84. The Labute approximate surface area is 162 Å². The Morgan fingerprint density at radius 1 is 1.07 bits per heavy atom. The van der Waals surface area contributed by atoms with Crippen LogP contribution in [-0.2, 0) is 13.6 Å². The van der Waals surface area contributed by atoms with Gasteiger partial charge in [0, 0.05) is 23.3 Å². The number of nitrogens with zero attached hydrogens (tertiary/aromatic N) is 3. The molecule has 2 aromatic heterocycles. The van der Waals surface area contributed by atoms with E-state index in [-0.39, 0.29) is 17.9 Å². The summed E-state index contributed by atoms with van der Waals surface area (Å²) in [5.74, 6) is 0.316. The van der Waals surface area contributed by atoms with E-state index in [1.807, 2.05) is 12.1 Å². The van der Waals surface area contributed by atoms with Gasteiger partial charge in [0.05, 0.1) is 19.9 Å². The molecule has 2 aromatic carbocycles. The standard InChI is InChI=1S/C20H16F3N3O3/c1-25-17-7-6-13(28-2)9-15(17)16-10-24-26(19(27)18(16)25)11-12-4-3-5-14(8-12)29-20(21,22)23/h3-10H,11H2,1-2H3. The number of aromatic nitrogens is 3. The average Bonchev–Trinajstić information content (AvgIpc) is 2.95. The van der Waals surface area contributed by atoms with Crippen LogP contribution in [0.4, 0.5) is 13.2 Å². The van der Waals surface area contributed by atoms with Crippen LogP contribution in [0.3, 0.4) is 0 Å². The van der Waals surface area contributed by atoms with Crippen LogP contribution in [0.25, 0.3) is 21.8 Å². The minimum Gasteiger partial charge on any atom is -0.497 e. The molecule has 0 saturated heterocycles. The molecule has 0 aliphatic rings. The molecule has 0 spiro atoms. The van der Waals surface area contributed by atoms with E-state index in [1.165, 1.54) is 22.9 Å². The van der Waals surface area contributed by atoms with Crippen LogP contribution < -0.4 is 15.0 Å². The maximum atomic E-state index is 13.0. The number of hydrogen-bond acceptors (Lipinski definition) is 4. The molecule has 0 atom stereocenters. The van der Waals surface area contributed by atoms with E-state index in [1.54, 1.807) is 37.1 Å². The third-order valence-electron chi connectivity index (χ3n) is 4.67. The topological polar surface area (TPSA) is 58.3 Å². The molecule has 0 unspecified atom stereocenters. The summed E-state index contributed by atoms with van der Waals surface area (Å²) in [7, 11) is 3.34. The lowest BCUT2D eigenvalue weighted by Gasteiger charge is -2.10. The Balaban J connectivity index is 1.77. The van der Waals surface area contributed by atoms with Gasteiger partial charge in [-0.3, -0.25) is 4.79 Å². The van der Waals surface area contributed by atoms with Crippen molar-refractivity contribution in [1.29, 1.82) is 0 Å². The van der Waals surface area contributed by atoms with Crippen LogP contribution in [0.2, 0.25) is 0 Å². The monoisotopic (exact) mass is 403 g/mol. The van der Waals surface area contributed by atoms with Gasteiger partial charge in [0.1, 0.15) is 17.0 Å². The van der Waals surface area contributed by atoms with Gasteiger partial charge < -0.3 is 14.0 Å². The van der Waals surface area contributed by atoms with Crippen molar-refractivity contribution in [2.45, 2.75) is 12.9 Å². The Hall–Kier alpha value is -3.49. The summed E-state index contributed by atoms with van der Waals surface area (Å²) >= 11 is 0. The molecule has 0 aliphatic carbocycles. The van der Waals surface area contributed by atoms with Crippen molar-refractivity contribution in [1.82, 2.24) is 14.3 Å². The zero-order valence-electron chi connectivity index (χ0n) is 15.5. The molecule has 9 heteroatoms. The molecule has 0 bridgehead atoms. The molecule has 0 saturated carbocycles. The molecule has 4 rings (SSSR count). The number of benzene rings is 2. The van der Waals surface area contributed by atoms with Gasteiger partial charge in [-0.25, -0.2) is 4.68 Å². The number of fused-ring (bicyclic) bond motifs is 3. The first-order valence-corrected chi connectivity index (χ1v) is 8.64. The van der Waals surface area contributed by atoms with Crippen LogP contribution in [0.5, 0.6) is 11.5 Å². The number of halogens is 3. The van der Waals surface area contributed by atoms with E-state index in [0.717, 1.165) is 10.9 Å². The van der Waals surface area contributed by atoms with E-state index in [0.29, 0.717) is 22.2 Å². The zero-order valence-corrected chi connectivity index (χ0v) is 15.5. The van der Waals surface area contributed by atoms with Crippen molar-refractivity contribution >= 4 is 21.8 Å². The lowest BCUT2D eigenvalue weighted by atomic mass is 10.2. The number of alkyl halides is 3. The van der Waals surface area contributed by atoms with Crippen molar-refractivity contribution < 1.29 is 22.6 Å². The highest BCUT2D eigenvalue weighted by atomic mass is 19.4. The predicted molar refractivity (Wildman–Crippen MR) is 101 cm³/mol. The fourth-order valence-electron chi connectivity index (χ4n) is 3.40. The first-order valence-electron chi connectivity index (χ1n) is 8.64. The summed E-state index contributed by atoms with van der Waals surface area (Å²) < 4.78 is 49.5. The Kier molecular flexibility index (Phi) is 4.45. The molecule has 29 heavy (non-hydrogen) atoms. The van der Waals surface area contributed by atoms with Crippen LogP contribution in [-0.4, -0.2) is 27.8 Å². The fraction of sp³-hybridized carbons (Fsp3) is 0.200. The number of rotatable bonds is 4. The molecule has 0 aliphatic heterocycles. The van der Waals surface area contributed by atoms with E-state index >= 15 is 0 Å². The van der Waals surface area contributed by atoms with Crippen molar-refractivity contribution in [3.63, 3.8) is 0 Å².